The fourth-order valence-corrected chi connectivity index (χ4v) is 4.02. The van der Waals surface area contributed by atoms with E-state index in [0.29, 0.717) is 0 Å². The first-order valence-corrected chi connectivity index (χ1v) is 10.4. The second-order valence-electron chi connectivity index (χ2n) is 4.87. The van der Waals surface area contributed by atoms with Gasteiger partial charge in [0.2, 0.25) is 0 Å². The van der Waals surface area contributed by atoms with Gasteiger partial charge >= 0.3 is 8.60 Å². The van der Waals surface area contributed by atoms with Gasteiger partial charge in [-0.3, -0.25) is 28.3 Å². The van der Waals surface area contributed by atoms with Crippen LogP contribution in [0, 0.1) is 0 Å². The molecule has 0 radical (unpaired) electrons. The van der Waals surface area contributed by atoms with Crippen LogP contribution in [0.2, 0.25) is 0 Å². The van der Waals surface area contributed by atoms with Crippen LogP contribution in [0.15, 0.2) is 0 Å². The number of hydroxylamine groups is 4. The van der Waals surface area contributed by atoms with E-state index in [4.69, 9.17) is 9.11 Å². The second-order valence-corrected chi connectivity index (χ2v) is 8.87. The smallest absolute Gasteiger partial charge is 0.325 e. The molecule has 0 bridgehead atoms. The van der Waals surface area contributed by atoms with Crippen molar-refractivity contribution in [1.29, 1.82) is 0 Å². The highest BCUT2D eigenvalue weighted by molar-refractivity contribution is 7.87. The predicted octanol–water partition coefficient (Wildman–Crippen LogP) is -2.90. The zero-order chi connectivity index (χ0) is 20.0. The van der Waals surface area contributed by atoms with Crippen LogP contribution in [0.3, 0.4) is 0 Å². The molecule has 2 unspecified atom stereocenters. The Morgan fingerprint density at radius 1 is 0.808 bits per heavy atom. The lowest BCUT2D eigenvalue weighted by molar-refractivity contribution is -0.176. The normalized spacial score (nSPS) is 26.1. The molecule has 146 valence electrons. The zero-order valence-electron chi connectivity index (χ0n) is 12.2. The summed E-state index contributed by atoms with van der Waals surface area (Å²) in [4.78, 5) is 55.9. The monoisotopic (exact) mass is 436 g/mol. The molecule has 2 atom stereocenters. The van der Waals surface area contributed by atoms with Crippen LogP contribution in [0.25, 0.3) is 0 Å². The highest BCUT2D eigenvalue weighted by Gasteiger charge is 2.50. The van der Waals surface area contributed by atoms with E-state index in [-0.39, 0.29) is 10.1 Å². The molecule has 2 heterocycles. The van der Waals surface area contributed by atoms with E-state index in [1.807, 2.05) is 0 Å². The lowest BCUT2D eigenvalue weighted by Gasteiger charge is -2.19. The van der Waals surface area contributed by atoms with Crippen molar-refractivity contribution in [2.75, 3.05) is 0 Å². The maximum absolute atomic E-state index is 11.7. The standard InChI is InChI=1S/C8H9N2O13PS2/c11-5-1-3(25(16,17)18)7(13)9(5)22-24(15)23-10-6(12)2-4(8(10)14)26(19,20)21/h3-4,15H,1-2H2,(H,16,17,18)(H,19,20,21). The Labute approximate surface area is 145 Å². The lowest BCUT2D eigenvalue weighted by atomic mass is 10.4. The van der Waals surface area contributed by atoms with Gasteiger partial charge in [0, 0.05) is 0 Å². The van der Waals surface area contributed by atoms with Gasteiger partial charge < -0.3 is 4.89 Å². The molecule has 2 aliphatic rings. The van der Waals surface area contributed by atoms with Gasteiger partial charge in [0.25, 0.3) is 43.9 Å². The first-order chi connectivity index (χ1) is 11.7. The Kier molecular flexibility index (Phi) is 5.46. The first kappa shape index (κ1) is 20.7. The lowest BCUT2D eigenvalue weighted by Crippen LogP contribution is -2.36. The third-order valence-electron chi connectivity index (χ3n) is 3.15. The fraction of sp³-hybridized carbons (Fsp3) is 0.500. The van der Waals surface area contributed by atoms with E-state index < -0.39 is 75.8 Å². The van der Waals surface area contributed by atoms with Crippen LogP contribution in [0.4, 0.5) is 0 Å². The van der Waals surface area contributed by atoms with Gasteiger partial charge in [-0.15, -0.1) is 10.1 Å². The summed E-state index contributed by atoms with van der Waals surface area (Å²) in [5.41, 5.74) is 0. The first-order valence-electron chi connectivity index (χ1n) is 6.25. The minimum atomic E-state index is -4.94. The van der Waals surface area contributed by atoms with Crippen molar-refractivity contribution < 1.29 is 59.3 Å². The van der Waals surface area contributed by atoms with Gasteiger partial charge in [0.05, 0.1) is 12.8 Å². The summed E-state index contributed by atoms with van der Waals surface area (Å²) in [6, 6.07) is 0. The van der Waals surface area contributed by atoms with Crippen LogP contribution >= 0.6 is 8.60 Å². The number of amides is 4. The van der Waals surface area contributed by atoms with Crippen molar-refractivity contribution in [3.8, 4) is 0 Å². The van der Waals surface area contributed by atoms with Crippen molar-refractivity contribution in [2.24, 2.45) is 0 Å². The summed E-state index contributed by atoms with van der Waals surface area (Å²) < 4.78 is 70.1. The van der Waals surface area contributed by atoms with Crippen molar-refractivity contribution in [3.05, 3.63) is 0 Å². The SMILES string of the molecule is O=C1CC(S(=O)(=O)O)C(=O)N1OP(O)ON1C(=O)CC(S(=O)(=O)O)C1=O. The van der Waals surface area contributed by atoms with Gasteiger partial charge in [-0.2, -0.15) is 26.1 Å². The average molecular weight is 436 g/mol. The van der Waals surface area contributed by atoms with E-state index in [1.165, 1.54) is 0 Å². The van der Waals surface area contributed by atoms with E-state index >= 15 is 0 Å². The molecule has 3 N–H and O–H groups in total. The molecule has 18 heteroatoms. The van der Waals surface area contributed by atoms with Crippen molar-refractivity contribution in [2.45, 2.75) is 23.3 Å². The zero-order valence-corrected chi connectivity index (χ0v) is 14.7. The minimum absolute atomic E-state index is 0.241. The van der Waals surface area contributed by atoms with Gasteiger partial charge in [-0.25, -0.2) is 0 Å². The summed E-state index contributed by atoms with van der Waals surface area (Å²) in [6.45, 7) is 0. The van der Waals surface area contributed by atoms with Gasteiger partial charge in [0.15, 0.2) is 10.5 Å². The topological polar surface area (TPSA) is 222 Å². The largest absolute Gasteiger partial charge is 0.378 e. The molecule has 4 amide bonds. The van der Waals surface area contributed by atoms with E-state index in [0.717, 1.165) is 0 Å². The van der Waals surface area contributed by atoms with Crippen molar-refractivity contribution in [3.63, 3.8) is 0 Å². The van der Waals surface area contributed by atoms with E-state index in [2.05, 4.69) is 9.25 Å². The van der Waals surface area contributed by atoms with E-state index in [9.17, 15) is 40.9 Å². The molecule has 0 aromatic carbocycles. The summed E-state index contributed by atoms with van der Waals surface area (Å²) >= 11 is 0. The molecule has 2 fully saturated rings. The number of rotatable bonds is 6. The third kappa shape index (κ3) is 4.04. The quantitative estimate of drug-likeness (QED) is 0.216. The Morgan fingerprint density at radius 2 is 1.12 bits per heavy atom. The molecule has 0 aromatic heterocycles. The number of carbonyl (C=O) groups is 4. The van der Waals surface area contributed by atoms with Crippen LogP contribution < -0.4 is 0 Å². The summed E-state index contributed by atoms with van der Waals surface area (Å²) in [5.74, 6) is -5.68. The predicted molar refractivity (Wildman–Crippen MR) is 74.9 cm³/mol. The molecule has 2 aliphatic heterocycles. The molecule has 0 aliphatic carbocycles. The molecule has 0 aromatic rings. The van der Waals surface area contributed by atoms with Crippen LogP contribution in [0.5, 0.6) is 0 Å². The van der Waals surface area contributed by atoms with Gasteiger partial charge in [-0.1, -0.05) is 0 Å². The highest BCUT2D eigenvalue weighted by Crippen LogP contribution is 2.39. The fourth-order valence-electron chi connectivity index (χ4n) is 1.96. The molecule has 15 nitrogen and oxygen atoms in total. The summed E-state index contributed by atoms with van der Waals surface area (Å²) in [6.07, 6.45) is -1.99. The molecule has 0 spiro atoms. The van der Waals surface area contributed by atoms with Crippen molar-refractivity contribution >= 4 is 52.5 Å². The molecule has 26 heavy (non-hydrogen) atoms. The number of hydrogen-bond acceptors (Lipinski definition) is 11. The maximum atomic E-state index is 11.7. The Hall–Kier alpha value is -1.59. The highest BCUT2D eigenvalue weighted by atomic mass is 32.2. The Morgan fingerprint density at radius 3 is 1.35 bits per heavy atom. The molecule has 2 rings (SSSR count). The van der Waals surface area contributed by atoms with Crippen LogP contribution in [-0.2, 0) is 48.7 Å². The Bertz CT molecular complexity index is 810. The number of imide groups is 2. The molecule has 0 saturated carbocycles. The third-order valence-corrected chi connectivity index (χ3v) is 5.93. The number of carbonyl (C=O) groups excluding carboxylic acids is 4. The average Bonchev–Trinajstić information content (AvgIpc) is 2.91. The number of nitrogens with zero attached hydrogens (tertiary/aromatic N) is 2. The summed E-state index contributed by atoms with van der Waals surface area (Å²) in [5, 5.41) is -4.82. The molecular weight excluding hydrogens is 427 g/mol. The minimum Gasteiger partial charge on any atom is -0.325 e. The van der Waals surface area contributed by atoms with Crippen molar-refractivity contribution in [1.82, 2.24) is 10.1 Å². The molecular formula is C8H9N2O13PS2. The Balaban J connectivity index is 2.06. The maximum Gasteiger partial charge on any atom is 0.378 e. The van der Waals surface area contributed by atoms with Gasteiger partial charge in [0.1, 0.15) is 0 Å². The van der Waals surface area contributed by atoms with E-state index in [1.54, 1.807) is 0 Å². The van der Waals surface area contributed by atoms with Crippen LogP contribution in [0.1, 0.15) is 12.8 Å². The summed E-state index contributed by atoms with van der Waals surface area (Å²) in [7, 11) is -13.3. The molecule has 2 saturated heterocycles. The van der Waals surface area contributed by atoms with Crippen LogP contribution in [-0.4, -0.2) is 75.1 Å². The van der Waals surface area contributed by atoms with Gasteiger partial charge in [-0.05, 0) is 0 Å². The second kappa shape index (κ2) is 6.86. The number of hydrogen-bond donors (Lipinski definition) is 3.